The Morgan fingerprint density at radius 2 is 1.93 bits per heavy atom. The van der Waals surface area contributed by atoms with E-state index in [1.165, 1.54) is 0 Å². The number of aliphatic hydroxyl groups is 2. The standard InChI is InChI=1S/C9H8ClF3O2/c10-7-2-1-5(9(11,12)13)3-6(7)8(15)4-14/h1-3,8,14-15H,4H2/t8-/m0/s1. The Kier molecular flexibility index (Phi) is 3.59. The van der Waals surface area contributed by atoms with Gasteiger partial charge in [-0.05, 0) is 18.2 Å². The van der Waals surface area contributed by atoms with E-state index in [0.29, 0.717) is 0 Å². The lowest BCUT2D eigenvalue weighted by Crippen LogP contribution is -2.09. The maximum atomic E-state index is 12.3. The third-order valence-electron chi connectivity index (χ3n) is 1.86. The van der Waals surface area contributed by atoms with Crippen molar-refractivity contribution in [3.8, 4) is 0 Å². The van der Waals surface area contributed by atoms with Crippen LogP contribution >= 0.6 is 11.6 Å². The Morgan fingerprint density at radius 3 is 2.40 bits per heavy atom. The van der Waals surface area contributed by atoms with Gasteiger partial charge in [0.2, 0.25) is 0 Å². The molecule has 1 atom stereocenters. The van der Waals surface area contributed by atoms with Crippen LogP contribution in [0, 0.1) is 0 Å². The molecule has 15 heavy (non-hydrogen) atoms. The number of alkyl halides is 3. The van der Waals surface area contributed by atoms with Crippen molar-refractivity contribution in [2.45, 2.75) is 12.3 Å². The van der Waals surface area contributed by atoms with Crippen molar-refractivity contribution in [1.82, 2.24) is 0 Å². The fourth-order valence-corrected chi connectivity index (χ4v) is 1.32. The first-order chi connectivity index (χ1) is 6.86. The number of benzene rings is 1. The van der Waals surface area contributed by atoms with Crippen LogP contribution in [-0.4, -0.2) is 16.8 Å². The minimum atomic E-state index is -4.49. The maximum Gasteiger partial charge on any atom is 0.416 e. The molecule has 0 heterocycles. The highest BCUT2D eigenvalue weighted by Crippen LogP contribution is 2.33. The van der Waals surface area contributed by atoms with Crippen LogP contribution in [0.5, 0.6) is 0 Å². The molecule has 84 valence electrons. The van der Waals surface area contributed by atoms with Crippen molar-refractivity contribution in [1.29, 1.82) is 0 Å². The van der Waals surface area contributed by atoms with Crippen LogP contribution in [0.1, 0.15) is 17.2 Å². The van der Waals surface area contributed by atoms with Crippen molar-refractivity contribution in [2.24, 2.45) is 0 Å². The Labute approximate surface area is 88.9 Å². The molecule has 1 rings (SSSR count). The van der Waals surface area contributed by atoms with Crippen molar-refractivity contribution < 1.29 is 23.4 Å². The molecular weight excluding hydrogens is 233 g/mol. The molecule has 0 bridgehead atoms. The second-order valence-electron chi connectivity index (χ2n) is 2.93. The van der Waals surface area contributed by atoms with Crippen LogP contribution in [0.15, 0.2) is 18.2 Å². The van der Waals surface area contributed by atoms with E-state index in [9.17, 15) is 18.3 Å². The summed E-state index contributed by atoms with van der Waals surface area (Å²) >= 11 is 5.58. The largest absolute Gasteiger partial charge is 0.416 e. The molecule has 0 radical (unpaired) electrons. The Morgan fingerprint density at radius 1 is 1.33 bits per heavy atom. The molecule has 1 aromatic carbocycles. The van der Waals surface area contributed by atoms with Gasteiger partial charge in [-0.2, -0.15) is 13.2 Å². The summed E-state index contributed by atoms with van der Waals surface area (Å²) in [7, 11) is 0. The number of aliphatic hydroxyl groups excluding tert-OH is 2. The van der Waals surface area contributed by atoms with Crippen molar-refractivity contribution in [3.63, 3.8) is 0 Å². The summed E-state index contributed by atoms with van der Waals surface area (Å²) < 4.78 is 36.8. The SMILES string of the molecule is OC[C@H](O)c1cc(C(F)(F)F)ccc1Cl. The van der Waals surface area contributed by atoms with E-state index < -0.39 is 24.5 Å². The van der Waals surface area contributed by atoms with Gasteiger partial charge in [-0.25, -0.2) is 0 Å². The molecule has 2 nitrogen and oxygen atoms in total. The molecule has 0 fully saturated rings. The second-order valence-corrected chi connectivity index (χ2v) is 3.34. The third kappa shape index (κ3) is 2.84. The topological polar surface area (TPSA) is 40.5 Å². The quantitative estimate of drug-likeness (QED) is 0.833. The maximum absolute atomic E-state index is 12.3. The van der Waals surface area contributed by atoms with Crippen LogP contribution < -0.4 is 0 Å². The zero-order valence-corrected chi connectivity index (χ0v) is 8.18. The highest BCUT2D eigenvalue weighted by atomic mass is 35.5. The summed E-state index contributed by atoms with van der Waals surface area (Å²) in [5, 5.41) is 17.8. The number of hydrogen-bond donors (Lipinski definition) is 2. The molecule has 0 aliphatic carbocycles. The first-order valence-electron chi connectivity index (χ1n) is 4.02. The molecule has 0 unspecified atom stereocenters. The van der Waals surface area contributed by atoms with E-state index in [-0.39, 0.29) is 10.6 Å². The monoisotopic (exact) mass is 240 g/mol. The van der Waals surface area contributed by atoms with Gasteiger partial charge in [-0.3, -0.25) is 0 Å². The van der Waals surface area contributed by atoms with Gasteiger partial charge >= 0.3 is 6.18 Å². The molecule has 1 aromatic rings. The van der Waals surface area contributed by atoms with Crippen LogP contribution in [0.2, 0.25) is 5.02 Å². The predicted octanol–water partition coefficient (Wildman–Crippen LogP) is 2.38. The average molecular weight is 241 g/mol. The number of halogens is 4. The normalized spacial score (nSPS) is 14.0. The van der Waals surface area contributed by atoms with Gasteiger partial charge in [0.05, 0.1) is 12.2 Å². The van der Waals surface area contributed by atoms with Crippen molar-refractivity contribution in [3.05, 3.63) is 34.3 Å². The van der Waals surface area contributed by atoms with E-state index in [0.717, 1.165) is 18.2 Å². The minimum absolute atomic E-state index is 0.00968. The van der Waals surface area contributed by atoms with Crippen LogP contribution in [0.25, 0.3) is 0 Å². The fraction of sp³-hybridized carbons (Fsp3) is 0.333. The Hall–Kier alpha value is -0.780. The molecule has 0 amide bonds. The minimum Gasteiger partial charge on any atom is -0.393 e. The zero-order chi connectivity index (χ0) is 11.6. The average Bonchev–Trinajstić information content (AvgIpc) is 2.15. The highest BCUT2D eigenvalue weighted by molar-refractivity contribution is 6.31. The molecule has 0 saturated carbocycles. The van der Waals surface area contributed by atoms with E-state index in [2.05, 4.69) is 0 Å². The van der Waals surface area contributed by atoms with Gasteiger partial charge in [-0.1, -0.05) is 11.6 Å². The van der Waals surface area contributed by atoms with E-state index in [4.69, 9.17) is 16.7 Å². The van der Waals surface area contributed by atoms with Gasteiger partial charge in [0, 0.05) is 10.6 Å². The predicted molar refractivity (Wildman–Crippen MR) is 48.5 cm³/mol. The van der Waals surface area contributed by atoms with Gasteiger partial charge in [-0.15, -0.1) is 0 Å². The lowest BCUT2D eigenvalue weighted by molar-refractivity contribution is -0.137. The third-order valence-corrected chi connectivity index (χ3v) is 2.20. The van der Waals surface area contributed by atoms with Gasteiger partial charge in [0.1, 0.15) is 6.10 Å². The van der Waals surface area contributed by atoms with Crippen molar-refractivity contribution in [2.75, 3.05) is 6.61 Å². The van der Waals surface area contributed by atoms with Gasteiger partial charge in [0.15, 0.2) is 0 Å². The molecule has 0 spiro atoms. The fourth-order valence-electron chi connectivity index (χ4n) is 1.07. The molecule has 0 aromatic heterocycles. The summed E-state index contributed by atoms with van der Waals surface area (Å²) in [6, 6.07) is 2.58. The summed E-state index contributed by atoms with van der Waals surface area (Å²) in [5.41, 5.74) is -1.04. The first kappa shape index (κ1) is 12.3. The Balaban J connectivity index is 3.17. The smallest absolute Gasteiger partial charge is 0.393 e. The number of rotatable bonds is 2. The van der Waals surface area contributed by atoms with Gasteiger partial charge < -0.3 is 10.2 Å². The first-order valence-corrected chi connectivity index (χ1v) is 4.39. The van der Waals surface area contributed by atoms with E-state index in [1.807, 2.05) is 0 Å². The molecule has 0 saturated heterocycles. The summed E-state index contributed by atoms with van der Waals surface area (Å²) in [6.45, 7) is -0.680. The summed E-state index contributed by atoms with van der Waals surface area (Å²) in [5.74, 6) is 0. The van der Waals surface area contributed by atoms with Gasteiger partial charge in [0.25, 0.3) is 0 Å². The zero-order valence-electron chi connectivity index (χ0n) is 7.42. The molecule has 0 aliphatic heterocycles. The molecule has 6 heteroatoms. The second kappa shape index (κ2) is 4.38. The molecule has 0 aliphatic rings. The summed E-state index contributed by atoms with van der Waals surface area (Å²) in [4.78, 5) is 0. The van der Waals surface area contributed by atoms with Crippen LogP contribution in [-0.2, 0) is 6.18 Å². The van der Waals surface area contributed by atoms with Crippen LogP contribution in [0.4, 0.5) is 13.2 Å². The van der Waals surface area contributed by atoms with Crippen LogP contribution in [0.3, 0.4) is 0 Å². The van der Waals surface area contributed by atoms with E-state index in [1.54, 1.807) is 0 Å². The van der Waals surface area contributed by atoms with Crippen molar-refractivity contribution >= 4 is 11.6 Å². The summed E-state index contributed by atoms with van der Waals surface area (Å²) in [6.07, 6.45) is -5.89. The molecule has 2 N–H and O–H groups in total. The lowest BCUT2D eigenvalue weighted by Gasteiger charge is -2.13. The number of hydrogen-bond acceptors (Lipinski definition) is 2. The highest BCUT2D eigenvalue weighted by Gasteiger charge is 2.31. The van der Waals surface area contributed by atoms with E-state index >= 15 is 0 Å². The Bertz CT molecular complexity index is 352. The lowest BCUT2D eigenvalue weighted by atomic mass is 10.1. The molecular formula is C9H8ClF3O2.